The third kappa shape index (κ3) is 3.35. The van der Waals surface area contributed by atoms with Crippen LogP contribution in [0.4, 0.5) is 0 Å². The molecule has 3 aromatic heterocycles. The number of aryl methyl sites for hydroxylation is 2. The van der Waals surface area contributed by atoms with Crippen molar-refractivity contribution in [1.82, 2.24) is 28.7 Å². The van der Waals surface area contributed by atoms with Gasteiger partial charge in [0.25, 0.3) is 11.1 Å². The van der Waals surface area contributed by atoms with Crippen molar-refractivity contribution in [1.29, 1.82) is 0 Å². The molecular formula is C26H20N6O2S. The molecule has 0 saturated carbocycles. The van der Waals surface area contributed by atoms with Gasteiger partial charge in [-0.2, -0.15) is 0 Å². The van der Waals surface area contributed by atoms with Crippen LogP contribution in [0.15, 0.2) is 87.5 Å². The van der Waals surface area contributed by atoms with E-state index in [0.717, 1.165) is 16.8 Å². The molecule has 0 fully saturated rings. The number of aromatic nitrogens is 6. The molecule has 3 aromatic carbocycles. The lowest BCUT2D eigenvalue weighted by atomic mass is 10.2. The Morgan fingerprint density at radius 2 is 1.54 bits per heavy atom. The monoisotopic (exact) mass is 480 g/mol. The van der Waals surface area contributed by atoms with E-state index < -0.39 is 0 Å². The highest BCUT2D eigenvalue weighted by Crippen LogP contribution is 2.26. The van der Waals surface area contributed by atoms with E-state index in [2.05, 4.69) is 10.2 Å². The molecule has 0 N–H and O–H groups in total. The number of fused-ring (bicyclic) bond motifs is 4. The van der Waals surface area contributed by atoms with Gasteiger partial charge in [0.05, 0.1) is 33.2 Å². The largest absolute Gasteiger partial charge is 0.279 e. The predicted molar refractivity (Wildman–Crippen MR) is 137 cm³/mol. The third-order valence-electron chi connectivity index (χ3n) is 6.12. The van der Waals surface area contributed by atoms with E-state index in [9.17, 15) is 9.59 Å². The van der Waals surface area contributed by atoms with Crippen LogP contribution in [0.3, 0.4) is 0 Å². The standard InChI is InChI=1S/C26H20N6O2S/c1-16-9-3-7-13-20(16)32-24(34)17-10-4-6-12-19(17)27-26(32)35-15-22-28-29-25-30(2)23(33)18-11-5-8-14-21(18)31(22)25/h3-14H,15H2,1-2H3. The lowest BCUT2D eigenvalue weighted by molar-refractivity contribution is 0.812. The van der Waals surface area contributed by atoms with E-state index in [1.807, 2.05) is 72.0 Å². The zero-order chi connectivity index (χ0) is 24.1. The van der Waals surface area contributed by atoms with Gasteiger partial charge in [0, 0.05) is 7.05 Å². The zero-order valence-electron chi connectivity index (χ0n) is 19.0. The van der Waals surface area contributed by atoms with Gasteiger partial charge in [0.15, 0.2) is 5.16 Å². The summed E-state index contributed by atoms with van der Waals surface area (Å²) in [5.74, 6) is 1.53. The molecule has 172 valence electrons. The molecule has 0 saturated heterocycles. The van der Waals surface area contributed by atoms with Gasteiger partial charge in [0.2, 0.25) is 5.78 Å². The summed E-state index contributed by atoms with van der Waals surface area (Å²) < 4.78 is 5.06. The molecule has 6 rings (SSSR count). The second kappa shape index (κ2) is 8.21. The number of thioether (sulfide) groups is 1. The fraction of sp³-hybridized carbons (Fsp3) is 0.115. The van der Waals surface area contributed by atoms with E-state index in [1.165, 1.54) is 16.3 Å². The maximum atomic E-state index is 13.6. The van der Waals surface area contributed by atoms with Gasteiger partial charge < -0.3 is 0 Å². The van der Waals surface area contributed by atoms with Crippen molar-refractivity contribution in [3.05, 3.63) is 105 Å². The number of para-hydroxylation sites is 3. The summed E-state index contributed by atoms with van der Waals surface area (Å²) >= 11 is 1.41. The van der Waals surface area contributed by atoms with Gasteiger partial charge in [-0.1, -0.05) is 54.2 Å². The highest BCUT2D eigenvalue weighted by Gasteiger charge is 2.18. The Balaban J connectivity index is 1.53. The smallest absolute Gasteiger partial charge is 0.266 e. The van der Waals surface area contributed by atoms with Gasteiger partial charge in [0.1, 0.15) is 5.82 Å². The van der Waals surface area contributed by atoms with Gasteiger partial charge in [-0.3, -0.25) is 23.1 Å². The van der Waals surface area contributed by atoms with Crippen LogP contribution in [0.1, 0.15) is 11.4 Å². The molecule has 3 heterocycles. The predicted octanol–water partition coefficient (Wildman–Crippen LogP) is 3.88. The Morgan fingerprint density at radius 1 is 0.829 bits per heavy atom. The van der Waals surface area contributed by atoms with Crippen LogP contribution < -0.4 is 11.1 Å². The summed E-state index contributed by atoms with van der Waals surface area (Å²) in [5, 5.41) is 10.4. The Labute approximate surface area is 203 Å². The van der Waals surface area contributed by atoms with E-state index in [1.54, 1.807) is 23.7 Å². The molecule has 0 atom stereocenters. The SMILES string of the molecule is Cc1ccccc1-n1c(SCc2nnc3n(C)c(=O)c4ccccc4n23)nc2ccccc2c1=O. The van der Waals surface area contributed by atoms with E-state index in [-0.39, 0.29) is 11.1 Å². The second-order valence-electron chi connectivity index (χ2n) is 8.26. The first-order chi connectivity index (χ1) is 17.0. The van der Waals surface area contributed by atoms with Gasteiger partial charge in [-0.05, 0) is 42.8 Å². The fourth-order valence-electron chi connectivity index (χ4n) is 4.35. The molecule has 0 spiro atoms. The van der Waals surface area contributed by atoms with Crippen molar-refractivity contribution in [2.75, 3.05) is 0 Å². The van der Waals surface area contributed by atoms with Crippen molar-refractivity contribution in [2.45, 2.75) is 17.8 Å². The van der Waals surface area contributed by atoms with Crippen molar-refractivity contribution in [3.8, 4) is 5.69 Å². The molecule has 0 unspecified atom stereocenters. The molecule has 35 heavy (non-hydrogen) atoms. The molecular weight excluding hydrogens is 460 g/mol. The van der Waals surface area contributed by atoms with Crippen molar-refractivity contribution in [2.24, 2.45) is 7.05 Å². The van der Waals surface area contributed by atoms with E-state index in [4.69, 9.17) is 4.98 Å². The highest BCUT2D eigenvalue weighted by molar-refractivity contribution is 7.98. The second-order valence-corrected chi connectivity index (χ2v) is 9.20. The van der Waals surface area contributed by atoms with Crippen molar-refractivity contribution in [3.63, 3.8) is 0 Å². The van der Waals surface area contributed by atoms with Crippen molar-refractivity contribution >= 4 is 39.3 Å². The number of nitrogens with zero attached hydrogens (tertiary/aromatic N) is 6. The van der Waals surface area contributed by atoms with Crippen LogP contribution in [0.5, 0.6) is 0 Å². The Morgan fingerprint density at radius 3 is 2.37 bits per heavy atom. The molecule has 9 heteroatoms. The molecule has 0 amide bonds. The Bertz CT molecular complexity index is 1890. The molecule has 0 aliphatic carbocycles. The van der Waals surface area contributed by atoms with Crippen LogP contribution in [0, 0.1) is 6.92 Å². The minimum atomic E-state index is -0.121. The lowest BCUT2D eigenvalue weighted by Crippen LogP contribution is -2.22. The quantitative estimate of drug-likeness (QED) is 0.281. The first-order valence-corrected chi connectivity index (χ1v) is 12.1. The van der Waals surface area contributed by atoms with Crippen molar-refractivity contribution < 1.29 is 0 Å². The molecule has 6 aromatic rings. The van der Waals surface area contributed by atoms with Crippen LogP contribution in [0.2, 0.25) is 0 Å². The maximum Gasteiger partial charge on any atom is 0.266 e. The zero-order valence-corrected chi connectivity index (χ0v) is 19.9. The summed E-state index contributed by atoms with van der Waals surface area (Å²) in [6.45, 7) is 1.98. The molecule has 0 radical (unpaired) electrons. The topological polar surface area (TPSA) is 87.1 Å². The molecule has 8 nitrogen and oxygen atoms in total. The van der Waals surface area contributed by atoms with E-state index >= 15 is 0 Å². The number of hydrogen-bond donors (Lipinski definition) is 0. The molecule has 0 aliphatic heterocycles. The average molecular weight is 481 g/mol. The Kier molecular flexibility index (Phi) is 5.00. The normalized spacial score (nSPS) is 11.6. The van der Waals surface area contributed by atoms with Gasteiger partial charge in [-0.15, -0.1) is 10.2 Å². The molecule has 0 aliphatic rings. The lowest BCUT2D eigenvalue weighted by Gasteiger charge is -2.15. The maximum absolute atomic E-state index is 13.6. The first kappa shape index (κ1) is 21.3. The van der Waals surface area contributed by atoms with Crippen LogP contribution in [-0.2, 0) is 12.8 Å². The van der Waals surface area contributed by atoms with Crippen LogP contribution in [-0.4, -0.2) is 28.7 Å². The number of benzene rings is 3. The highest BCUT2D eigenvalue weighted by atomic mass is 32.2. The average Bonchev–Trinajstić information content (AvgIpc) is 3.31. The van der Waals surface area contributed by atoms with Gasteiger partial charge >= 0.3 is 0 Å². The summed E-state index contributed by atoms with van der Waals surface area (Å²) in [6.07, 6.45) is 0. The minimum absolute atomic E-state index is 0.119. The summed E-state index contributed by atoms with van der Waals surface area (Å²) in [7, 11) is 1.69. The van der Waals surface area contributed by atoms with E-state index in [0.29, 0.717) is 38.8 Å². The number of hydrogen-bond acceptors (Lipinski definition) is 6. The van der Waals surface area contributed by atoms with Crippen LogP contribution in [0.25, 0.3) is 33.3 Å². The minimum Gasteiger partial charge on any atom is -0.279 e. The molecule has 0 bridgehead atoms. The number of rotatable bonds is 4. The summed E-state index contributed by atoms with van der Waals surface area (Å²) in [5.41, 5.74) is 2.91. The summed E-state index contributed by atoms with van der Waals surface area (Å²) in [4.78, 5) is 31.2. The Hall–Kier alpha value is -4.24. The first-order valence-electron chi connectivity index (χ1n) is 11.1. The third-order valence-corrected chi connectivity index (χ3v) is 7.06. The summed E-state index contributed by atoms with van der Waals surface area (Å²) in [6, 6.07) is 22.5. The van der Waals surface area contributed by atoms with Crippen LogP contribution >= 0.6 is 11.8 Å². The fourth-order valence-corrected chi connectivity index (χ4v) is 5.27. The van der Waals surface area contributed by atoms with Gasteiger partial charge in [-0.25, -0.2) is 4.98 Å².